The van der Waals surface area contributed by atoms with Gasteiger partial charge in [-0.05, 0) is 73.5 Å². The van der Waals surface area contributed by atoms with Crippen molar-refractivity contribution < 1.29 is 27.5 Å². The largest absolute Gasteiger partial charge is 0.573 e. The number of aryl methyl sites for hydroxylation is 1. The molecule has 4 aromatic rings. The van der Waals surface area contributed by atoms with E-state index in [4.69, 9.17) is 4.98 Å². The summed E-state index contributed by atoms with van der Waals surface area (Å²) >= 11 is 3.56. The maximum absolute atomic E-state index is 13.9. The Hall–Kier alpha value is -4.38. The van der Waals surface area contributed by atoms with Crippen molar-refractivity contribution in [2.75, 3.05) is 31.5 Å². The van der Waals surface area contributed by atoms with Gasteiger partial charge in [0.05, 0.1) is 16.8 Å². The van der Waals surface area contributed by atoms with Crippen molar-refractivity contribution in [2.24, 2.45) is 0 Å². The number of anilines is 1. The molecular weight excluding hydrogens is 625 g/mol. The molecule has 1 aromatic heterocycles. The standard InChI is InChI=1S/C32H28BrF3N4O3/c1-3-24(26-18-21(33)9-8-20(26)2)29-19-27(25-6-4-5-7-28(25)38-29)30(41)39-14-16-40(17-15-39)31(42)37-22-10-12-23(13-11-22)43-32(34,35)36/h3-13,18-19H,14-17H2,1-2H3,(H,37,42)/b24-3+. The van der Waals surface area contributed by atoms with Crippen LogP contribution in [-0.4, -0.2) is 59.3 Å². The first kappa shape index (κ1) is 30.1. The van der Waals surface area contributed by atoms with E-state index in [9.17, 15) is 22.8 Å². The number of nitrogens with zero attached hydrogens (tertiary/aromatic N) is 3. The minimum absolute atomic E-state index is 0.151. The predicted octanol–water partition coefficient (Wildman–Crippen LogP) is 7.65. The van der Waals surface area contributed by atoms with E-state index in [1.807, 2.05) is 68.5 Å². The van der Waals surface area contributed by atoms with Gasteiger partial charge in [0, 0.05) is 47.3 Å². The molecule has 1 saturated heterocycles. The minimum Gasteiger partial charge on any atom is -0.406 e. The van der Waals surface area contributed by atoms with Crippen molar-refractivity contribution in [2.45, 2.75) is 20.2 Å². The molecule has 5 rings (SSSR count). The number of para-hydroxylation sites is 1. The highest BCUT2D eigenvalue weighted by molar-refractivity contribution is 9.10. The molecule has 0 saturated carbocycles. The van der Waals surface area contributed by atoms with Crippen molar-refractivity contribution in [3.63, 3.8) is 0 Å². The molecule has 0 atom stereocenters. The Labute approximate surface area is 255 Å². The molecule has 0 spiro atoms. The molecule has 0 unspecified atom stereocenters. The van der Waals surface area contributed by atoms with Crippen LogP contribution in [0.1, 0.15) is 34.1 Å². The lowest BCUT2D eigenvalue weighted by Crippen LogP contribution is -2.51. The summed E-state index contributed by atoms with van der Waals surface area (Å²) in [4.78, 5) is 34.9. The van der Waals surface area contributed by atoms with E-state index in [1.54, 1.807) is 9.80 Å². The number of pyridine rings is 1. The molecule has 3 amide bonds. The Balaban J connectivity index is 1.31. The van der Waals surface area contributed by atoms with Gasteiger partial charge in [-0.3, -0.25) is 4.79 Å². The second-order valence-electron chi connectivity index (χ2n) is 10.0. The molecule has 11 heteroatoms. The van der Waals surface area contributed by atoms with Gasteiger partial charge in [0.2, 0.25) is 0 Å². The fraction of sp³-hybridized carbons (Fsp3) is 0.219. The van der Waals surface area contributed by atoms with E-state index >= 15 is 0 Å². The third-order valence-electron chi connectivity index (χ3n) is 7.19. The van der Waals surface area contributed by atoms with E-state index in [0.717, 1.165) is 38.7 Å². The average Bonchev–Trinajstić information content (AvgIpc) is 2.99. The van der Waals surface area contributed by atoms with E-state index in [1.165, 1.54) is 12.1 Å². The van der Waals surface area contributed by atoms with Gasteiger partial charge in [-0.1, -0.05) is 46.3 Å². The number of amides is 3. The first-order valence-electron chi connectivity index (χ1n) is 13.6. The Kier molecular flexibility index (Phi) is 8.72. The minimum atomic E-state index is -4.79. The third-order valence-corrected chi connectivity index (χ3v) is 7.69. The highest BCUT2D eigenvalue weighted by atomic mass is 79.9. The summed E-state index contributed by atoms with van der Waals surface area (Å²) in [7, 11) is 0. The summed E-state index contributed by atoms with van der Waals surface area (Å²) in [5.74, 6) is -0.528. The van der Waals surface area contributed by atoms with E-state index in [-0.39, 0.29) is 11.7 Å². The Bertz CT molecular complexity index is 1700. The molecule has 1 aliphatic rings. The van der Waals surface area contributed by atoms with Crippen LogP contribution in [0.3, 0.4) is 0 Å². The number of hydrogen-bond acceptors (Lipinski definition) is 4. The molecule has 0 radical (unpaired) electrons. The van der Waals surface area contributed by atoms with Crippen molar-refractivity contribution in [1.29, 1.82) is 0 Å². The number of piperazine rings is 1. The molecule has 1 fully saturated rings. The molecule has 3 aromatic carbocycles. The summed E-state index contributed by atoms with van der Waals surface area (Å²) < 4.78 is 42.0. The zero-order valence-electron chi connectivity index (χ0n) is 23.4. The van der Waals surface area contributed by atoms with Crippen LogP contribution in [0.5, 0.6) is 5.75 Å². The Morgan fingerprint density at radius 2 is 1.60 bits per heavy atom. The van der Waals surface area contributed by atoms with E-state index in [2.05, 4.69) is 26.0 Å². The van der Waals surface area contributed by atoms with Crippen LogP contribution in [0.2, 0.25) is 0 Å². The number of fused-ring (bicyclic) bond motifs is 1. The van der Waals surface area contributed by atoms with Gasteiger partial charge in [0.1, 0.15) is 5.75 Å². The van der Waals surface area contributed by atoms with Gasteiger partial charge in [0.25, 0.3) is 5.91 Å². The number of hydrogen-bond donors (Lipinski definition) is 1. The second kappa shape index (κ2) is 12.5. The summed E-state index contributed by atoms with van der Waals surface area (Å²) in [6.07, 6.45) is -2.80. The molecule has 43 heavy (non-hydrogen) atoms. The second-order valence-corrected chi connectivity index (χ2v) is 10.9. The van der Waals surface area contributed by atoms with Crippen LogP contribution < -0.4 is 10.1 Å². The molecule has 0 bridgehead atoms. The monoisotopic (exact) mass is 652 g/mol. The lowest BCUT2D eigenvalue weighted by atomic mass is 9.95. The van der Waals surface area contributed by atoms with Crippen molar-refractivity contribution in [1.82, 2.24) is 14.8 Å². The normalized spacial score (nSPS) is 14.1. The third kappa shape index (κ3) is 6.99. The smallest absolute Gasteiger partial charge is 0.406 e. The number of nitrogens with one attached hydrogen (secondary N) is 1. The van der Waals surface area contributed by atoms with Gasteiger partial charge in [-0.15, -0.1) is 13.2 Å². The number of aromatic nitrogens is 1. The lowest BCUT2D eigenvalue weighted by molar-refractivity contribution is -0.274. The number of carbonyl (C=O) groups is 2. The van der Waals surface area contributed by atoms with Gasteiger partial charge < -0.3 is 19.9 Å². The maximum atomic E-state index is 13.9. The van der Waals surface area contributed by atoms with Gasteiger partial charge >= 0.3 is 12.4 Å². The number of alkyl halides is 3. The van der Waals surface area contributed by atoms with Gasteiger partial charge in [0.15, 0.2) is 0 Å². The topological polar surface area (TPSA) is 74.8 Å². The lowest BCUT2D eigenvalue weighted by Gasteiger charge is -2.35. The van der Waals surface area contributed by atoms with Crippen molar-refractivity contribution in [3.8, 4) is 5.75 Å². The van der Waals surface area contributed by atoms with Gasteiger partial charge in [-0.25, -0.2) is 9.78 Å². The molecular formula is C32H28BrF3N4O3. The molecule has 1 N–H and O–H groups in total. The highest BCUT2D eigenvalue weighted by Crippen LogP contribution is 2.31. The summed E-state index contributed by atoms with van der Waals surface area (Å²) in [5.41, 5.74) is 5.27. The SMILES string of the molecule is C/C=C(/c1cc(C(=O)N2CCN(C(=O)Nc3ccc(OC(F)(F)F)cc3)CC2)c2ccccc2n1)c1cc(Br)ccc1C. The summed E-state index contributed by atoms with van der Waals surface area (Å²) in [5, 5.41) is 3.43. The van der Waals surface area contributed by atoms with Crippen LogP contribution in [0.25, 0.3) is 16.5 Å². The van der Waals surface area contributed by atoms with Crippen LogP contribution in [-0.2, 0) is 0 Å². The molecule has 7 nitrogen and oxygen atoms in total. The quantitative estimate of drug-likeness (QED) is 0.240. The molecule has 2 heterocycles. The van der Waals surface area contributed by atoms with Crippen LogP contribution in [0.4, 0.5) is 23.7 Å². The Morgan fingerprint density at radius 3 is 2.28 bits per heavy atom. The molecule has 222 valence electrons. The number of halogens is 4. The van der Waals surface area contributed by atoms with Crippen LogP contribution >= 0.6 is 15.9 Å². The summed E-state index contributed by atoms with van der Waals surface area (Å²) in [6, 6.07) is 19.9. The van der Waals surface area contributed by atoms with Crippen molar-refractivity contribution >= 4 is 50.0 Å². The number of carbonyl (C=O) groups excluding carboxylic acids is 2. The highest BCUT2D eigenvalue weighted by Gasteiger charge is 2.31. The fourth-order valence-electron chi connectivity index (χ4n) is 5.04. The molecule has 0 aliphatic carbocycles. The van der Waals surface area contributed by atoms with Gasteiger partial charge in [-0.2, -0.15) is 0 Å². The molecule has 1 aliphatic heterocycles. The number of allylic oxidation sites excluding steroid dienone is 1. The van der Waals surface area contributed by atoms with Crippen LogP contribution in [0.15, 0.2) is 83.3 Å². The number of ether oxygens (including phenoxy) is 1. The number of rotatable bonds is 5. The predicted molar refractivity (Wildman–Crippen MR) is 163 cm³/mol. The van der Waals surface area contributed by atoms with E-state index in [0.29, 0.717) is 48.6 Å². The summed E-state index contributed by atoms with van der Waals surface area (Å²) in [6.45, 7) is 5.20. The van der Waals surface area contributed by atoms with E-state index < -0.39 is 12.4 Å². The first-order valence-corrected chi connectivity index (χ1v) is 14.4. The first-order chi connectivity index (χ1) is 20.5. The number of benzene rings is 3. The van der Waals surface area contributed by atoms with Crippen molar-refractivity contribution in [3.05, 3.63) is 106 Å². The number of urea groups is 1. The zero-order valence-corrected chi connectivity index (χ0v) is 25.0. The Morgan fingerprint density at radius 1 is 0.930 bits per heavy atom. The maximum Gasteiger partial charge on any atom is 0.573 e. The zero-order chi connectivity index (χ0) is 30.7. The fourth-order valence-corrected chi connectivity index (χ4v) is 5.40. The van der Waals surface area contributed by atoms with Crippen LogP contribution in [0, 0.1) is 6.92 Å². The average molecular weight is 653 g/mol.